The lowest BCUT2D eigenvalue weighted by molar-refractivity contribution is -0.133. The van der Waals surface area contributed by atoms with Gasteiger partial charge >= 0.3 is 5.97 Å². The monoisotopic (exact) mass is 283 g/mol. The SMILES string of the molecule is CC(=O)N[C@H]1[C@H](N2CCOCC2)C=C(C(=O)O)C[C@@H]1N. The van der Waals surface area contributed by atoms with Gasteiger partial charge in [0.1, 0.15) is 0 Å². The highest BCUT2D eigenvalue weighted by atomic mass is 16.5. The summed E-state index contributed by atoms with van der Waals surface area (Å²) in [7, 11) is 0. The first-order valence-electron chi connectivity index (χ1n) is 6.77. The van der Waals surface area contributed by atoms with Gasteiger partial charge in [0, 0.05) is 31.6 Å². The van der Waals surface area contributed by atoms with Gasteiger partial charge in [-0.25, -0.2) is 4.79 Å². The lowest BCUT2D eigenvalue weighted by Gasteiger charge is -2.42. The first-order valence-corrected chi connectivity index (χ1v) is 6.77. The molecule has 2 rings (SSSR count). The van der Waals surface area contributed by atoms with Gasteiger partial charge in [0.15, 0.2) is 0 Å². The maximum absolute atomic E-state index is 11.4. The molecule has 1 amide bonds. The van der Waals surface area contributed by atoms with Gasteiger partial charge in [0.2, 0.25) is 5.91 Å². The molecule has 0 bridgehead atoms. The molecule has 0 aromatic carbocycles. The molecule has 4 N–H and O–H groups in total. The molecule has 0 radical (unpaired) electrons. The van der Waals surface area contributed by atoms with E-state index in [1.165, 1.54) is 6.92 Å². The quantitative estimate of drug-likeness (QED) is 0.609. The fraction of sp³-hybridized carbons (Fsp3) is 0.692. The first-order chi connectivity index (χ1) is 9.49. The van der Waals surface area contributed by atoms with Crippen molar-refractivity contribution in [3.63, 3.8) is 0 Å². The Kier molecular flexibility index (Phi) is 4.74. The molecule has 0 aromatic rings. The minimum Gasteiger partial charge on any atom is -0.478 e. The number of nitrogens with zero attached hydrogens (tertiary/aromatic N) is 1. The second-order valence-corrected chi connectivity index (χ2v) is 5.23. The van der Waals surface area contributed by atoms with Crippen molar-refractivity contribution in [2.24, 2.45) is 5.73 Å². The Balaban J connectivity index is 2.24. The van der Waals surface area contributed by atoms with Crippen LogP contribution in [0.15, 0.2) is 11.6 Å². The fourth-order valence-corrected chi connectivity index (χ4v) is 2.81. The summed E-state index contributed by atoms with van der Waals surface area (Å²) in [4.78, 5) is 24.7. The van der Waals surface area contributed by atoms with Crippen LogP contribution in [0.4, 0.5) is 0 Å². The third-order valence-corrected chi connectivity index (χ3v) is 3.77. The highest BCUT2D eigenvalue weighted by Gasteiger charge is 2.37. The number of hydrogen-bond donors (Lipinski definition) is 3. The van der Waals surface area contributed by atoms with Gasteiger partial charge in [-0.3, -0.25) is 9.69 Å². The minimum absolute atomic E-state index is 0.157. The maximum Gasteiger partial charge on any atom is 0.331 e. The number of carboxylic acid groups (broad SMARTS) is 1. The molecule has 1 fully saturated rings. The van der Waals surface area contributed by atoms with E-state index in [-0.39, 0.29) is 24.4 Å². The van der Waals surface area contributed by atoms with Crippen molar-refractivity contribution in [1.82, 2.24) is 10.2 Å². The number of aliphatic carboxylic acids is 1. The predicted octanol–water partition coefficient (Wildman–Crippen LogP) is -1.07. The van der Waals surface area contributed by atoms with Crippen LogP contribution in [0.5, 0.6) is 0 Å². The fourth-order valence-electron chi connectivity index (χ4n) is 2.81. The smallest absolute Gasteiger partial charge is 0.331 e. The zero-order chi connectivity index (χ0) is 14.7. The van der Waals surface area contributed by atoms with Gasteiger partial charge in [-0.2, -0.15) is 0 Å². The van der Waals surface area contributed by atoms with Crippen LogP contribution in [0.1, 0.15) is 13.3 Å². The van der Waals surface area contributed by atoms with Crippen LogP contribution < -0.4 is 11.1 Å². The topological polar surface area (TPSA) is 105 Å². The molecule has 3 atom stereocenters. The van der Waals surface area contributed by atoms with Gasteiger partial charge in [-0.05, 0) is 6.42 Å². The second-order valence-electron chi connectivity index (χ2n) is 5.23. The summed E-state index contributed by atoms with van der Waals surface area (Å²) in [6.07, 6.45) is 1.98. The molecule has 0 unspecified atom stereocenters. The Morgan fingerprint density at radius 3 is 2.65 bits per heavy atom. The molecule has 1 aliphatic heterocycles. The summed E-state index contributed by atoms with van der Waals surface area (Å²) in [5.74, 6) is -1.10. The minimum atomic E-state index is -0.944. The Bertz CT molecular complexity index is 418. The molecule has 20 heavy (non-hydrogen) atoms. The van der Waals surface area contributed by atoms with Gasteiger partial charge in [-0.1, -0.05) is 6.08 Å². The highest BCUT2D eigenvalue weighted by molar-refractivity contribution is 5.87. The van der Waals surface area contributed by atoms with E-state index in [1.54, 1.807) is 6.08 Å². The summed E-state index contributed by atoms with van der Waals surface area (Å²) in [5, 5.41) is 12.0. The average molecular weight is 283 g/mol. The van der Waals surface area contributed by atoms with E-state index in [0.29, 0.717) is 31.9 Å². The van der Waals surface area contributed by atoms with Crippen molar-refractivity contribution >= 4 is 11.9 Å². The number of rotatable bonds is 3. The summed E-state index contributed by atoms with van der Waals surface area (Å²) in [6.45, 7) is 4.07. The third-order valence-electron chi connectivity index (χ3n) is 3.77. The van der Waals surface area contributed by atoms with Crippen molar-refractivity contribution in [2.75, 3.05) is 26.3 Å². The molecule has 7 heteroatoms. The van der Waals surface area contributed by atoms with Crippen LogP contribution >= 0.6 is 0 Å². The standard InChI is InChI=1S/C13H21N3O4/c1-8(17)15-12-10(14)6-9(13(18)19)7-11(12)16-2-4-20-5-3-16/h7,10-12H,2-6,14H2,1H3,(H,15,17)(H,18,19)/t10-,11+,12+/m0/s1. The molecule has 0 spiro atoms. The van der Waals surface area contributed by atoms with Crippen molar-refractivity contribution in [2.45, 2.75) is 31.5 Å². The third kappa shape index (κ3) is 3.36. The summed E-state index contributed by atoms with van der Waals surface area (Å²) in [6, 6.07) is -0.866. The van der Waals surface area contributed by atoms with E-state index in [0.717, 1.165) is 0 Å². The number of nitrogens with one attached hydrogen (secondary N) is 1. The zero-order valence-electron chi connectivity index (χ0n) is 11.5. The van der Waals surface area contributed by atoms with Crippen LogP contribution in [-0.4, -0.2) is 66.3 Å². The first kappa shape index (κ1) is 15.0. The van der Waals surface area contributed by atoms with Crippen LogP contribution in [0, 0.1) is 0 Å². The zero-order valence-corrected chi connectivity index (χ0v) is 11.5. The van der Waals surface area contributed by atoms with Crippen molar-refractivity contribution in [1.29, 1.82) is 0 Å². The van der Waals surface area contributed by atoms with Gasteiger partial charge in [-0.15, -0.1) is 0 Å². The number of nitrogens with two attached hydrogens (primary N) is 1. The van der Waals surface area contributed by atoms with Crippen molar-refractivity contribution in [3.8, 4) is 0 Å². The lowest BCUT2D eigenvalue weighted by atomic mass is 9.86. The number of morpholine rings is 1. The largest absolute Gasteiger partial charge is 0.478 e. The molecule has 112 valence electrons. The lowest BCUT2D eigenvalue weighted by Crippen LogP contribution is -2.62. The molecule has 7 nitrogen and oxygen atoms in total. The molecular weight excluding hydrogens is 262 g/mol. The summed E-state index contributed by atoms with van der Waals surface area (Å²) < 4.78 is 5.31. The summed E-state index contributed by atoms with van der Waals surface area (Å²) in [5.41, 5.74) is 6.39. The van der Waals surface area contributed by atoms with E-state index < -0.39 is 12.0 Å². The molecule has 0 aromatic heterocycles. The number of ether oxygens (including phenoxy) is 1. The summed E-state index contributed by atoms with van der Waals surface area (Å²) >= 11 is 0. The molecule has 1 saturated heterocycles. The number of carbonyl (C=O) groups excluding carboxylic acids is 1. The molecule has 1 aliphatic carbocycles. The number of amides is 1. The normalized spacial score (nSPS) is 31.5. The van der Waals surface area contributed by atoms with E-state index in [2.05, 4.69) is 10.2 Å². The Morgan fingerprint density at radius 1 is 1.45 bits per heavy atom. The van der Waals surface area contributed by atoms with E-state index in [4.69, 9.17) is 10.5 Å². The van der Waals surface area contributed by atoms with Crippen molar-refractivity contribution < 1.29 is 19.4 Å². The molecule has 0 saturated carbocycles. The van der Waals surface area contributed by atoms with Crippen LogP contribution in [-0.2, 0) is 14.3 Å². The van der Waals surface area contributed by atoms with Crippen molar-refractivity contribution in [3.05, 3.63) is 11.6 Å². The maximum atomic E-state index is 11.4. The van der Waals surface area contributed by atoms with E-state index in [9.17, 15) is 14.7 Å². The van der Waals surface area contributed by atoms with Crippen LogP contribution in [0.25, 0.3) is 0 Å². The van der Waals surface area contributed by atoms with Crippen LogP contribution in [0.2, 0.25) is 0 Å². The van der Waals surface area contributed by atoms with Gasteiger partial charge in [0.05, 0.1) is 25.3 Å². The van der Waals surface area contributed by atoms with Gasteiger partial charge < -0.3 is 20.9 Å². The Hall–Kier alpha value is -1.44. The molecule has 1 heterocycles. The predicted molar refractivity (Wildman–Crippen MR) is 72.1 cm³/mol. The second kappa shape index (κ2) is 6.34. The Labute approximate surface area is 117 Å². The average Bonchev–Trinajstić information content (AvgIpc) is 2.41. The number of carboxylic acids is 1. The number of carbonyl (C=O) groups is 2. The van der Waals surface area contributed by atoms with Gasteiger partial charge in [0.25, 0.3) is 0 Å². The Morgan fingerprint density at radius 2 is 2.10 bits per heavy atom. The molecule has 2 aliphatic rings. The van der Waals surface area contributed by atoms with Crippen LogP contribution in [0.3, 0.4) is 0 Å². The molecular formula is C13H21N3O4. The number of hydrogen-bond acceptors (Lipinski definition) is 5. The highest BCUT2D eigenvalue weighted by Crippen LogP contribution is 2.23. The van der Waals surface area contributed by atoms with E-state index >= 15 is 0 Å². The van der Waals surface area contributed by atoms with E-state index in [1.807, 2.05) is 0 Å².